The smallest absolute Gasteiger partial charge is 0.325 e. The second kappa shape index (κ2) is 4.86. The van der Waals surface area contributed by atoms with Crippen LogP contribution < -0.4 is 4.90 Å². The highest BCUT2D eigenvalue weighted by molar-refractivity contribution is 5.75. The van der Waals surface area contributed by atoms with Gasteiger partial charge in [-0.2, -0.15) is 0 Å². The quantitative estimate of drug-likeness (QED) is 0.747. The molecule has 0 saturated heterocycles. The average molecular weight is 233 g/mol. The Kier molecular flexibility index (Phi) is 3.27. The largest absolute Gasteiger partial charge is 0.468 e. The number of nitrogens with zero attached hydrogens (tertiary/aromatic N) is 3. The molecule has 2 rings (SSSR count). The number of ether oxygens (including phenoxy) is 1. The first-order valence-corrected chi connectivity index (χ1v) is 5.50. The molecule has 0 aromatic carbocycles. The number of pyridine rings is 1. The summed E-state index contributed by atoms with van der Waals surface area (Å²) in [5, 5.41) is 0. The van der Waals surface area contributed by atoms with E-state index in [4.69, 9.17) is 4.74 Å². The lowest BCUT2D eigenvalue weighted by Gasteiger charge is -2.22. The van der Waals surface area contributed by atoms with E-state index in [1.807, 2.05) is 40.6 Å². The second-order valence-electron chi connectivity index (χ2n) is 3.63. The molecule has 5 heteroatoms. The van der Waals surface area contributed by atoms with Crippen molar-refractivity contribution >= 4 is 17.4 Å². The topological polar surface area (TPSA) is 46.8 Å². The summed E-state index contributed by atoms with van der Waals surface area (Å²) in [7, 11) is 1.40. The third-order valence-corrected chi connectivity index (χ3v) is 2.66. The van der Waals surface area contributed by atoms with Gasteiger partial charge in [0.25, 0.3) is 0 Å². The first-order chi connectivity index (χ1) is 8.26. The van der Waals surface area contributed by atoms with E-state index in [0.717, 1.165) is 18.0 Å². The zero-order valence-electron chi connectivity index (χ0n) is 9.96. The van der Waals surface area contributed by atoms with Gasteiger partial charge in [0.2, 0.25) is 0 Å². The van der Waals surface area contributed by atoms with Crippen molar-refractivity contribution < 1.29 is 9.53 Å². The number of esters is 1. The van der Waals surface area contributed by atoms with Crippen molar-refractivity contribution in [3.8, 4) is 0 Å². The standard InChI is InChI=1S/C12H15N3O2/c1-3-14(9-12(16)17-2)11-6-4-5-10-13-7-8-15(10)11/h4-8H,3,9H2,1-2H3. The van der Waals surface area contributed by atoms with Crippen molar-refractivity contribution in [1.82, 2.24) is 9.38 Å². The number of fused-ring (bicyclic) bond motifs is 1. The van der Waals surface area contributed by atoms with Crippen molar-refractivity contribution in [2.45, 2.75) is 6.92 Å². The molecule has 90 valence electrons. The molecule has 0 radical (unpaired) electrons. The van der Waals surface area contributed by atoms with E-state index in [1.54, 1.807) is 6.20 Å². The predicted octanol–water partition coefficient (Wildman–Crippen LogP) is 1.33. The Balaban J connectivity index is 2.35. The number of methoxy groups -OCH3 is 1. The van der Waals surface area contributed by atoms with E-state index in [9.17, 15) is 4.79 Å². The Morgan fingerprint density at radius 3 is 3.06 bits per heavy atom. The Labute approximate surface area is 99.6 Å². The van der Waals surface area contributed by atoms with Crippen molar-refractivity contribution in [1.29, 1.82) is 0 Å². The SMILES string of the molecule is CCN(CC(=O)OC)c1cccc2nccn12. The summed E-state index contributed by atoms with van der Waals surface area (Å²) < 4.78 is 6.64. The third-order valence-electron chi connectivity index (χ3n) is 2.66. The number of hydrogen-bond acceptors (Lipinski definition) is 4. The zero-order valence-corrected chi connectivity index (χ0v) is 9.96. The highest BCUT2D eigenvalue weighted by Crippen LogP contribution is 2.15. The van der Waals surface area contributed by atoms with E-state index in [1.165, 1.54) is 7.11 Å². The van der Waals surface area contributed by atoms with Crippen LogP contribution in [0.4, 0.5) is 5.82 Å². The number of hydrogen-bond donors (Lipinski definition) is 0. The molecule has 0 fully saturated rings. The van der Waals surface area contributed by atoms with Crippen LogP contribution in [0.3, 0.4) is 0 Å². The van der Waals surface area contributed by atoms with E-state index in [-0.39, 0.29) is 12.5 Å². The number of imidazole rings is 1. The van der Waals surface area contributed by atoms with E-state index in [2.05, 4.69) is 4.98 Å². The molecular formula is C12H15N3O2. The minimum Gasteiger partial charge on any atom is -0.468 e. The normalized spacial score (nSPS) is 10.5. The third kappa shape index (κ3) is 2.22. The van der Waals surface area contributed by atoms with Crippen LogP contribution in [0.2, 0.25) is 0 Å². The number of anilines is 1. The Bertz CT molecular complexity index is 521. The maximum atomic E-state index is 11.3. The van der Waals surface area contributed by atoms with Gasteiger partial charge in [0.15, 0.2) is 0 Å². The number of aromatic nitrogens is 2. The van der Waals surface area contributed by atoms with Crippen LogP contribution in [0, 0.1) is 0 Å². The van der Waals surface area contributed by atoms with Crippen molar-refractivity contribution in [2.75, 3.05) is 25.1 Å². The van der Waals surface area contributed by atoms with E-state index >= 15 is 0 Å². The molecule has 2 heterocycles. The summed E-state index contributed by atoms with van der Waals surface area (Å²) in [6.07, 6.45) is 3.62. The number of rotatable bonds is 4. The molecule has 2 aromatic rings. The highest BCUT2D eigenvalue weighted by Gasteiger charge is 2.12. The summed E-state index contributed by atoms with van der Waals surface area (Å²) in [5.41, 5.74) is 0.866. The molecule has 0 aliphatic rings. The van der Waals surface area contributed by atoms with Crippen LogP contribution >= 0.6 is 0 Å². The molecule has 0 atom stereocenters. The summed E-state index contributed by atoms with van der Waals surface area (Å²) in [5.74, 6) is 0.692. The minimum atomic E-state index is -0.246. The first-order valence-electron chi connectivity index (χ1n) is 5.50. The number of likely N-dealkylation sites (N-methyl/N-ethyl adjacent to an activating group) is 1. The molecule has 0 unspecified atom stereocenters. The zero-order chi connectivity index (χ0) is 12.3. The molecule has 0 N–H and O–H groups in total. The van der Waals surface area contributed by atoms with Crippen molar-refractivity contribution in [2.24, 2.45) is 0 Å². The lowest BCUT2D eigenvalue weighted by molar-refractivity contribution is -0.138. The van der Waals surface area contributed by atoms with Gasteiger partial charge in [-0.25, -0.2) is 4.98 Å². The minimum absolute atomic E-state index is 0.240. The summed E-state index contributed by atoms with van der Waals surface area (Å²) >= 11 is 0. The van der Waals surface area contributed by atoms with Crippen LogP contribution in [-0.2, 0) is 9.53 Å². The van der Waals surface area contributed by atoms with Gasteiger partial charge in [-0.05, 0) is 19.1 Å². The fourth-order valence-corrected chi connectivity index (χ4v) is 1.77. The van der Waals surface area contributed by atoms with E-state index in [0.29, 0.717) is 0 Å². The Morgan fingerprint density at radius 2 is 2.35 bits per heavy atom. The maximum absolute atomic E-state index is 11.3. The van der Waals surface area contributed by atoms with Gasteiger partial charge in [-0.15, -0.1) is 0 Å². The summed E-state index contributed by atoms with van der Waals surface area (Å²) in [6.45, 7) is 2.97. The molecule has 0 bridgehead atoms. The predicted molar refractivity (Wildman–Crippen MR) is 65.1 cm³/mol. The lowest BCUT2D eigenvalue weighted by atomic mass is 10.4. The van der Waals surface area contributed by atoms with Gasteiger partial charge in [0.05, 0.1) is 7.11 Å². The van der Waals surface area contributed by atoms with Gasteiger partial charge in [-0.1, -0.05) is 6.07 Å². The van der Waals surface area contributed by atoms with Crippen LogP contribution in [0.25, 0.3) is 5.65 Å². The number of carbonyl (C=O) groups is 1. The maximum Gasteiger partial charge on any atom is 0.325 e. The van der Waals surface area contributed by atoms with Crippen LogP contribution in [-0.4, -0.2) is 35.6 Å². The van der Waals surface area contributed by atoms with Gasteiger partial charge in [-0.3, -0.25) is 9.20 Å². The Hall–Kier alpha value is -2.04. The molecule has 5 nitrogen and oxygen atoms in total. The van der Waals surface area contributed by atoms with E-state index < -0.39 is 0 Å². The molecule has 0 saturated carbocycles. The average Bonchev–Trinajstić information content (AvgIpc) is 2.83. The van der Waals surface area contributed by atoms with Crippen LogP contribution in [0.1, 0.15) is 6.92 Å². The van der Waals surface area contributed by atoms with Gasteiger partial charge >= 0.3 is 5.97 Å². The lowest BCUT2D eigenvalue weighted by Crippen LogP contribution is -2.31. The van der Waals surface area contributed by atoms with Crippen molar-refractivity contribution in [3.63, 3.8) is 0 Å². The molecule has 0 aliphatic heterocycles. The monoisotopic (exact) mass is 233 g/mol. The molecular weight excluding hydrogens is 218 g/mol. The molecule has 0 aliphatic carbocycles. The molecule has 0 amide bonds. The van der Waals surface area contributed by atoms with Gasteiger partial charge in [0.1, 0.15) is 18.0 Å². The summed E-state index contributed by atoms with van der Waals surface area (Å²) in [6, 6.07) is 5.81. The first kappa shape index (κ1) is 11.4. The fourth-order valence-electron chi connectivity index (χ4n) is 1.77. The van der Waals surface area contributed by atoms with Crippen LogP contribution in [0.5, 0.6) is 0 Å². The molecule has 17 heavy (non-hydrogen) atoms. The molecule has 2 aromatic heterocycles. The van der Waals surface area contributed by atoms with Crippen LogP contribution in [0.15, 0.2) is 30.6 Å². The van der Waals surface area contributed by atoms with Crippen molar-refractivity contribution in [3.05, 3.63) is 30.6 Å². The highest BCUT2D eigenvalue weighted by atomic mass is 16.5. The van der Waals surface area contributed by atoms with Gasteiger partial charge in [0, 0.05) is 18.9 Å². The second-order valence-corrected chi connectivity index (χ2v) is 3.63. The van der Waals surface area contributed by atoms with Gasteiger partial charge < -0.3 is 9.64 Å². The molecule has 0 spiro atoms. The summed E-state index contributed by atoms with van der Waals surface area (Å²) in [4.78, 5) is 17.5. The fraction of sp³-hybridized carbons (Fsp3) is 0.333. The number of carbonyl (C=O) groups excluding carboxylic acids is 1. The Morgan fingerprint density at radius 1 is 1.53 bits per heavy atom.